The molecule has 2 aromatic heterocycles. The van der Waals surface area contributed by atoms with Gasteiger partial charge in [0.15, 0.2) is 0 Å². The predicted molar refractivity (Wildman–Crippen MR) is 100.0 cm³/mol. The number of amidine groups is 1. The smallest absolute Gasteiger partial charge is 0.137 e. The highest BCUT2D eigenvalue weighted by Crippen LogP contribution is 2.21. The highest BCUT2D eigenvalue weighted by atomic mass is 16.5. The molecule has 6 nitrogen and oxygen atoms in total. The van der Waals surface area contributed by atoms with Crippen LogP contribution in [0.3, 0.4) is 0 Å². The third-order valence-corrected chi connectivity index (χ3v) is 4.88. The Labute approximate surface area is 148 Å². The van der Waals surface area contributed by atoms with Crippen LogP contribution < -0.4 is 5.32 Å². The van der Waals surface area contributed by atoms with Crippen molar-refractivity contribution < 1.29 is 4.74 Å². The summed E-state index contributed by atoms with van der Waals surface area (Å²) >= 11 is 0. The minimum atomic E-state index is 0.448. The number of fused-ring (bicyclic) bond motifs is 1. The second kappa shape index (κ2) is 7.80. The van der Waals surface area contributed by atoms with Crippen LogP contribution in [-0.4, -0.2) is 66.6 Å². The van der Waals surface area contributed by atoms with Crippen LogP contribution in [0.1, 0.15) is 5.56 Å². The second-order valence-electron chi connectivity index (χ2n) is 6.64. The lowest BCUT2D eigenvalue weighted by Crippen LogP contribution is -2.41. The van der Waals surface area contributed by atoms with E-state index in [0.717, 1.165) is 63.8 Å². The van der Waals surface area contributed by atoms with Gasteiger partial charge in [0, 0.05) is 56.4 Å². The van der Waals surface area contributed by atoms with E-state index in [9.17, 15) is 0 Å². The number of H-pyrrole nitrogens is 1. The van der Waals surface area contributed by atoms with Crippen LogP contribution in [0.4, 0.5) is 0 Å². The molecule has 0 aliphatic carbocycles. The Bertz CT molecular complexity index is 760. The zero-order valence-corrected chi connectivity index (χ0v) is 14.4. The van der Waals surface area contributed by atoms with E-state index in [4.69, 9.17) is 9.73 Å². The predicted octanol–water partition coefficient (Wildman–Crippen LogP) is 1.61. The van der Waals surface area contributed by atoms with Crippen LogP contribution in [0.2, 0.25) is 0 Å². The van der Waals surface area contributed by atoms with Crippen molar-refractivity contribution >= 4 is 16.9 Å². The maximum atomic E-state index is 5.37. The fourth-order valence-electron chi connectivity index (χ4n) is 3.43. The quantitative estimate of drug-likeness (QED) is 0.869. The summed E-state index contributed by atoms with van der Waals surface area (Å²) in [5.41, 5.74) is 2.28. The Balaban J connectivity index is 1.25. The molecule has 0 bridgehead atoms. The lowest BCUT2D eigenvalue weighted by Gasteiger charge is -2.26. The molecule has 0 aromatic carbocycles. The third-order valence-electron chi connectivity index (χ3n) is 4.88. The van der Waals surface area contributed by atoms with Gasteiger partial charge < -0.3 is 15.0 Å². The lowest BCUT2D eigenvalue weighted by molar-refractivity contribution is 0.0389. The first-order valence-corrected chi connectivity index (χ1v) is 9.06. The molecule has 0 amide bonds. The van der Waals surface area contributed by atoms with Crippen LogP contribution in [-0.2, 0) is 11.2 Å². The largest absolute Gasteiger partial charge is 0.379 e. The van der Waals surface area contributed by atoms with Crippen molar-refractivity contribution in [2.45, 2.75) is 6.42 Å². The Morgan fingerprint density at radius 2 is 2.24 bits per heavy atom. The van der Waals surface area contributed by atoms with E-state index < -0.39 is 0 Å². The average molecular weight is 339 g/mol. The first kappa shape index (κ1) is 16.3. The average Bonchev–Trinajstić information content (AvgIpc) is 3.07. The summed E-state index contributed by atoms with van der Waals surface area (Å²) < 4.78 is 5.37. The van der Waals surface area contributed by atoms with Gasteiger partial charge in [0.1, 0.15) is 11.5 Å². The molecule has 2 N–H and O–H groups in total. The number of dihydropyridines is 1. The maximum absolute atomic E-state index is 5.37. The van der Waals surface area contributed by atoms with E-state index in [0.29, 0.717) is 5.92 Å². The topological polar surface area (TPSA) is 65.5 Å². The number of ether oxygens (including phenoxy) is 1. The van der Waals surface area contributed by atoms with Gasteiger partial charge in [-0.2, -0.15) is 0 Å². The number of aromatic nitrogens is 2. The molecule has 1 atom stereocenters. The van der Waals surface area contributed by atoms with Gasteiger partial charge in [-0.3, -0.25) is 9.89 Å². The maximum Gasteiger partial charge on any atom is 0.137 e. The summed E-state index contributed by atoms with van der Waals surface area (Å²) in [6.45, 7) is 6.59. The number of pyridine rings is 1. The van der Waals surface area contributed by atoms with E-state index in [1.165, 1.54) is 10.9 Å². The molecule has 4 rings (SSSR count). The molecule has 132 valence electrons. The second-order valence-corrected chi connectivity index (χ2v) is 6.64. The van der Waals surface area contributed by atoms with Gasteiger partial charge in [-0.1, -0.05) is 6.08 Å². The zero-order valence-electron chi connectivity index (χ0n) is 14.4. The van der Waals surface area contributed by atoms with E-state index >= 15 is 0 Å². The van der Waals surface area contributed by atoms with E-state index in [1.807, 2.05) is 12.3 Å². The molecule has 2 aliphatic rings. The van der Waals surface area contributed by atoms with Gasteiger partial charge in [0.05, 0.1) is 13.2 Å². The molecule has 0 spiro atoms. The molecule has 2 aromatic rings. The van der Waals surface area contributed by atoms with Gasteiger partial charge in [0.2, 0.25) is 0 Å². The van der Waals surface area contributed by atoms with Gasteiger partial charge in [-0.25, -0.2) is 4.98 Å². The molecule has 4 heterocycles. The fraction of sp³-hybridized carbons (Fsp3) is 0.474. The van der Waals surface area contributed by atoms with Crippen molar-refractivity contribution in [1.29, 1.82) is 0 Å². The highest BCUT2D eigenvalue weighted by Gasteiger charge is 2.14. The first-order chi connectivity index (χ1) is 12.4. The highest BCUT2D eigenvalue weighted by molar-refractivity contribution is 5.93. The van der Waals surface area contributed by atoms with Crippen molar-refractivity contribution in [3.8, 4) is 0 Å². The van der Waals surface area contributed by atoms with Gasteiger partial charge >= 0.3 is 0 Å². The van der Waals surface area contributed by atoms with E-state index in [1.54, 1.807) is 0 Å². The van der Waals surface area contributed by atoms with Crippen molar-refractivity contribution in [3.05, 3.63) is 42.2 Å². The molecule has 1 fully saturated rings. The van der Waals surface area contributed by atoms with Crippen molar-refractivity contribution in [2.24, 2.45) is 10.9 Å². The van der Waals surface area contributed by atoms with Crippen LogP contribution >= 0.6 is 0 Å². The number of nitrogens with zero attached hydrogens (tertiary/aromatic N) is 3. The Morgan fingerprint density at radius 3 is 3.08 bits per heavy atom. The van der Waals surface area contributed by atoms with Crippen LogP contribution in [0.15, 0.2) is 41.7 Å². The summed E-state index contributed by atoms with van der Waals surface area (Å²) in [6, 6.07) is 4.12. The lowest BCUT2D eigenvalue weighted by atomic mass is 9.97. The minimum Gasteiger partial charge on any atom is -0.379 e. The Morgan fingerprint density at radius 1 is 1.32 bits per heavy atom. The third kappa shape index (κ3) is 4.08. The van der Waals surface area contributed by atoms with Crippen molar-refractivity contribution in [1.82, 2.24) is 20.2 Å². The molecular formula is C19H25N5O. The molecule has 1 saturated heterocycles. The Hall–Kier alpha value is -2.18. The normalized spacial score (nSPS) is 21.4. The van der Waals surface area contributed by atoms with Crippen molar-refractivity contribution in [2.75, 3.05) is 45.9 Å². The first-order valence-electron chi connectivity index (χ1n) is 9.06. The van der Waals surface area contributed by atoms with Crippen LogP contribution in [0, 0.1) is 5.92 Å². The molecule has 0 radical (unpaired) electrons. The Kier molecular flexibility index (Phi) is 5.09. The number of aromatic amines is 1. The molecule has 0 saturated carbocycles. The standard InChI is InChI=1S/C19H25N5O/c1-2-17-16(14-23-19(17)21-5-1)12-15-3-4-18(22-13-15)20-6-7-24-8-10-25-11-9-24/h1-5,14-15H,6-13H2,(H,20,22)(H,21,23). The summed E-state index contributed by atoms with van der Waals surface area (Å²) in [5, 5.41) is 4.66. The van der Waals surface area contributed by atoms with E-state index in [-0.39, 0.29) is 0 Å². The number of morpholine rings is 1. The summed E-state index contributed by atoms with van der Waals surface area (Å²) in [5.74, 6) is 1.45. The molecular weight excluding hydrogens is 314 g/mol. The number of aliphatic imine (C=N–C) groups is 1. The molecule has 1 unspecified atom stereocenters. The SMILES string of the molecule is C1=CC(Cc2c[nH]c3ncccc23)CN=C1NCCN1CCOCC1. The van der Waals surface area contributed by atoms with Gasteiger partial charge in [0.25, 0.3) is 0 Å². The monoisotopic (exact) mass is 339 g/mol. The number of hydrogen-bond donors (Lipinski definition) is 2. The zero-order chi connectivity index (χ0) is 16.9. The fourth-order valence-corrected chi connectivity index (χ4v) is 3.43. The number of rotatable bonds is 5. The van der Waals surface area contributed by atoms with Crippen LogP contribution in [0.5, 0.6) is 0 Å². The number of hydrogen-bond acceptors (Lipinski definition) is 5. The van der Waals surface area contributed by atoms with Crippen molar-refractivity contribution in [3.63, 3.8) is 0 Å². The molecule has 2 aliphatic heterocycles. The van der Waals surface area contributed by atoms with Gasteiger partial charge in [-0.15, -0.1) is 0 Å². The summed E-state index contributed by atoms with van der Waals surface area (Å²) in [4.78, 5) is 14.7. The van der Waals surface area contributed by atoms with E-state index in [2.05, 4.69) is 44.6 Å². The number of nitrogens with one attached hydrogen (secondary N) is 2. The summed E-state index contributed by atoms with van der Waals surface area (Å²) in [6.07, 6.45) is 9.29. The van der Waals surface area contributed by atoms with Crippen LogP contribution in [0.25, 0.3) is 11.0 Å². The minimum absolute atomic E-state index is 0.448. The summed E-state index contributed by atoms with van der Waals surface area (Å²) in [7, 11) is 0. The molecule has 6 heteroatoms. The molecule has 25 heavy (non-hydrogen) atoms. The van der Waals surface area contributed by atoms with Gasteiger partial charge in [-0.05, 0) is 30.2 Å².